The molecule has 0 bridgehead atoms. The molecule has 1 rings (SSSR count). The molecular weight excluding hydrogens is 290 g/mol. The first kappa shape index (κ1) is 18.1. The predicted octanol–water partition coefficient (Wildman–Crippen LogP) is 2.69. The van der Waals surface area contributed by atoms with Crippen LogP contribution in [0.4, 0.5) is 8.78 Å². The van der Waals surface area contributed by atoms with Crippen molar-refractivity contribution in [3.8, 4) is 0 Å². The summed E-state index contributed by atoms with van der Waals surface area (Å²) in [6.07, 6.45) is 0.0922. The van der Waals surface area contributed by atoms with E-state index in [4.69, 9.17) is 0 Å². The molecule has 0 spiro atoms. The first-order valence-electron chi connectivity index (χ1n) is 7.14. The van der Waals surface area contributed by atoms with Crippen LogP contribution in [0, 0.1) is 17.0 Å². The van der Waals surface area contributed by atoms with E-state index < -0.39 is 23.1 Å². The van der Waals surface area contributed by atoms with Crippen LogP contribution in [-0.4, -0.2) is 18.4 Å². The van der Waals surface area contributed by atoms with Crippen molar-refractivity contribution in [1.29, 1.82) is 0 Å². The highest BCUT2D eigenvalue weighted by atomic mass is 19.1. The maximum Gasteiger partial charge on any atom is 0.225 e. The van der Waals surface area contributed by atoms with Crippen LogP contribution in [0.1, 0.15) is 45.7 Å². The van der Waals surface area contributed by atoms with Gasteiger partial charge in [-0.05, 0) is 13.0 Å². The Balaban J connectivity index is 2.46. The SMILES string of the molecule is CC(NC(=O)CCNC(=O)C(C)(C)C)c1ccc(F)cc1F. The van der Waals surface area contributed by atoms with Gasteiger partial charge in [0, 0.05) is 30.0 Å². The fourth-order valence-electron chi connectivity index (χ4n) is 1.80. The molecule has 1 unspecified atom stereocenters. The molecule has 0 aromatic heterocycles. The Labute approximate surface area is 129 Å². The van der Waals surface area contributed by atoms with E-state index in [0.29, 0.717) is 0 Å². The molecule has 6 heteroatoms. The maximum atomic E-state index is 13.6. The summed E-state index contributed by atoms with van der Waals surface area (Å²) in [5, 5.41) is 5.28. The molecule has 0 saturated carbocycles. The van der Waals surface area contributed by atoms with Gasteiger partial charge in [0.2, 0.25) is 11.8 Å². The topological polar surface area (TPSA) is 58.2 Å². The number of benzene rings is 1. The molecule has 0 fully saturated rings. The second kappa shape index (κ2) is 7.33. The first-order chi connectivity index (χ1) is 10.1. The Morgan fingerprint density at radius 2 is 1.86 bits per heavy atom. The lowest BCUT2D eigenvalue weighted by molar-refractivity contribution is -0.128. The highest BCUT2D eigenvalue weighted by molar-refractivity contribution is 5.82. The Morgan fingerprint density at radius 1 is 1.23 bits per heavy atom. The van der Waals surface area contributed by atoms with Crippen molar-refractivity contribution in [3.05, 3.63) is 35.4 Å². The van der Waals surface area contributed by atoms with Crippen LogP contribution in [-0.2, 0) is 9.59 Å². The van der Waals surface area contributed by atoms with Gasteiger partial charge in [0.1, 0.15) is 11.6 Å². The van der Waals surface area contributed by atoms with E-state index in [9.17, 15) is 18.4 Å². The van der Waals surface area contributed by atoms with Gasteiger partial charge in [-0.3, -0.25) is 9.59 Å². The van der Waals surface area contributed by atoms with Crippen molar-refractivity contribution in [1.82, 2.24) is 10.6 Å². The van der Waals surface area contributed by atoms with Crippen molar-refractivity contribution in [2.45, 2.75) is 40.2 Å². The Morgan fingerprint density at radius 3 is 2.41 bits per heavy atom. The van der Waals surface area contributed by atoms with Gasteiger partial charge in [0.05, 0.1) is 6.04 Å². The normalized spacial score (nSPS) is 12.6. The molecule has 0 aliphatic heterocycles. The predicted molar refractivity (Wildman–Crippen MR) is 80.0 cm³/mol. The summed E-state index contributed by atoms with van der Waals surface area (Å²) in [5.74, 6) is -1.82. The minimum absolute atomic E-state index is 0.0922. The molecule has 1 aromatic rings. The van der Waals surface area contributed by atoms with Gasteiger partial charge in [-0.1, -0.05) is 26.8 Å². The molecule has 2 amide bonds. The average Bonchev–Trinajstić information content (AvgIpc) is 2.36. The van der Waals surface area contributed by atoms with Gasteiger partial charge in [-0.25, -0.2) is 8.78 Å². The van der Waals surface area contributed by atoms with Crippen LogP contribution in [0.3, 0.4) is 0 Å². The quantitative estimate of drug-likeness (QED) is 0.878. The largest absolute Gasteiger partial charge is 0.355 e. The smallest absolute Gasteiger partial charge is 0.225 e. The van der Waals surface area contributed by atoms with Crippen LogP contribution in [0.15, 0.2) is 18.2 Å². The van der Waals surface area contributed by atoms with E-state index in [1.54, 1.807) is 27.7 Å². The fourth-order valence-corrected chi connectivity index (χ4v) is 1.80. The number of hydrogen-bond donors (Lipinski definition) is 2. The van der Waals surface area contributed by atoms with Gasteiger partial charge in [0.15, 0.2) is 0 Å². The zero-order chi connectivity index (χ0) is 16.9. The number of nitrogens with one attached hydrogen (secondary N) is 2. The van der Waals surface area contributed by atoms with Crippen LogP contribution < -0.4 is 10.6 Å². The molecule has 1 aromatic carbocycles. The second-order valence-corrected chi connectivity index (χ2v) is 6.21. The highest BCUT2D eigenvalue weighted by Crippen LogP contribution is 2.17. The van der Waals surface area contributed by atoms with Crippen molar-refractivity contribution >= 4 is 11.8 Å². The third kappa shape index (κ3) is 5.42. The van der Waals surface area contributed by atoms with E-state index in [0.717, 1.165) is 12.1 Å². The van der Waals surface area contributed by atoms with E-state index in [2.05, 4.69) is 10.6 Å². The van der Waals surface area contributed by atoms with Crippen LogP contribution in [0.25, 0.3) is 0 Å². The minimum atomic E-state index is -0.700. The second-order valence-electron chi connectivity index (χ2n) is 6.21. The summed E-state index contributed by atoms with van der Waals surface area (Å²) in [6.45, 7) is 7.16. The Kier molecular flexibility index (Phi) is 6.02. The number of carbonyl (C=O) groups is 2. The monoisotopic (exact) mass is 312 g/mol. The lowest BCUT2D eigenvalue weighted by Crippen LogP contribution is -2.37. The molecule has 22 heavy (non-hydrogen) atoms. The van der Waals surface area contributed by atoms with Crippen LogP contribution >= 0.6 is 0 Å². The summed E-state index contributed by atoms with van der Waals surface area (Å²) in [6, 6.07) is 2.65. The Bertz CT molecular complexity index is 554. The molecule has 0 aliphatic rings. The first-order valence-corrected chi connectivity index (χ1v) is 7.14. The number of hydrogen-bond acceptors (Lipinski definition) is 2. The summed E-state index contributed by atoms with van der Waals surface area (Å²) >= 11 is 0. The summed E-state index contributed by atoms with van der Waals surface area (Å²) in [5.41, 5.74) is -0.297. The van der Waals surface area contributed by atoms with Crippen molar-refractivity contribution in [3.63, 3.8) is 0 Å². The van der Waals surface area contributed by atoms with Gasteiger partial charge < -0.3 is 10.6 Å². The zero-order valence-electron chi connectivity index (χ0n) is 13.3. The number of rotatable bonds is 5. The third-order valence-electron chi connectivity index (χ3n) is 3.13. The van der Waals surface area contributed by atoms with Gasteiger partial charge >= 0.3 is 0 Å². The van der Waals surface area contributed by atoms with Crippen LogP contribution in [0.5, 0.6) is 0 Å². The molecule has 0 saturated heterocycles. The van der Waals surface area contributed by atoms with Gasteiger partial charge in [0.25, 0.3) is 0 Å². The number of carbonyl (C=O) groups excluding carboxylic acids is 2. The van der Waals surface area contributed by atoms with Crippen molar-refractivity contribution in [2.75, 3.05) is 6.54 Å². The highest BCUT2D eigenvalue weighted by Gasteiger charge is 2.21. The number of halogens is 2. The molecular formula is C16H22F2N2O2. The summed E-state index contributed by atoms with van der Waals surface area (Å²) < 4.78 is 26.4. The maximum absolute atomic E-state index is 13.6. The summed E-state index contributed by atoms with van der Waals surface area (Å²) in [4.78, 5) is 23.4. The third-order valence-corrected chi connectivity index (χ3v) is 3.13. The van der Waals surface area contributed by atoms with E-state index in [-0.39, 0.29) is 30.3 Å². The zero-order valence-corrected chi connectivity index (χ0v) is 13.3. The van der Waals surface area contributed by atoms with E-state index in [1.165, 1.54) is 6.07 Å². The van der Waals surface area contributed by atoms with E-state index >= 15 is 0 Å². The molecule has 1 atom stereocenters. The fraction of sp³-hybridized carbons (Fsp3) is 0.500. The summed E-state index contributed by atoms with van der Waals surface area (Å²) in [7, 11) is 0. The average molecular weight is 312 g/mol. The minimum Gasteiger partial charge on any atom is -0.355 e. The van der Waals surface area contributed by atoms with Gasteiger partial charge in [-0.2, -0.15) is 0 Å². The van der Waals surface area contributed by atoms with Gasteiger partial charge in [-0.15, -0.1) is 0 Å². The van der Waals surface area contributed by atoms with Crippen molar-refractivity contribution in [2.24, 2.45) is 5.41 Å². The molecule has 2 N–H and O–H groups in total. The van der Waals surface area contributed by atoms with E-state index in [1.807, 2.05) is 0 Å². The Hall–Kier alpha value is -1.98. The lowest BCUT2D eigenvalue weighted by Gasteiger charge is -2.18. The molecule has 0 radical (unpaired) electrons. The molecule has 0 aliphatic carbocycles. The standard InChI is InChI=1S/C16H22F2N2O2/c1-10(12-6-5-11(17)9-13(12)18)20-14(21)7-8-19-15(22)16(2,3)4/h5-6,9-10H,7-8H2,1-4H3,(H,19,22)(H,20,21). The van der Waals surface area contributed by atoms with Crippen LogP contribution in [0.2, 0.25) is 0 Å². The molecule has 122 valence electrons. The number of amides is 2. The van der Waals surface area contributed by atoms with Crippen molar-refractivity contribution < 1.29 is 18.4 Å². The molecule has 4 nitrogen and oxygen atoms in total. The lowest BCUT2D eigenvalue weighted by atomic mass is 9.96. The molecule has 0 heterocycles.